The standard InChI is InChI=1S/C11H15ClN2O2/c1-3-8(7-16-2)14-11(15)9-5-4-6-13-10(9)12/h4-6,8H,3,7H2,1-2H3,(H,14,15). The van der Waals surface area contributed by atoms with Crippen LogP contribution in [0.15, 0.2) is 18.3 Å². The molecule has 1 aromatic heterocycles. The van der Waals surface area contributed by atoms with Gasteiger partial charge in [-0.15, -0.1) is 0 Å². The highest BCUT2D eigenvalue weighted by Gasteiger charge is 2.14. The monoisotopic (exact) mass is 242 g/mol. The van der Waals surface area contributed by atoms with Gasteiger partial charge in [0.05, 0.1) is 18.2 Å². The summed E-state index contributed by atoms with van der Waals surface area (Å²) in [6.07, 6.45) is 2.35. The molecular formula is C11H15ClN2O2. The smallest absolute Gasteiger partial charge is 0.254 e. The van der Waals surface area contributed by atoms with Gasteiger partial charge in [-0.05, 0) is 18.6 Å². The molecular weight excluding hydrogens is 228 g/mol. The fraction of sp³-hybridized carbons (Fsp3) is 0.455. The number of ether oxygens (including phenoxy) is 1. The number of rotatable bonds is 5. The predicted molar refractivity (Wildman–Crippen MR) is 62.7 cm³/mol. The summed E-state index contributed by atoms with van der Waals surface area (Å²) in [7, 11) is 1.60. The van der Waals surface area contributed by atoms with Crippen LogP contribution in [-0.4, -0.2) is 30.6 Å². The van der Waals surface area contributed by atoms with Crippen LogP contribution in [0.3, 0.4) is 0 Å². The first-order chi connectivity index (χ1) is 7.69. The van der Waals surface area contributed by atoms with E-state index in [9.17, 15) is 4.79 Å². The van der Waals surface area contributed by atoms with E-state index in [2.05, 4.69) is 10.3 Å². The second kappa shape index (κ2) is 6.45. The van der Waals surface area contributed by atoms with E-state index < -0.39 is 0 Å². The molecule has 0 saturated carbocycles. The molecule has 0 aliphatic rings. The van der Waals surface area contributed by atoms with Crippen molar-refractivity contribution in [2.45, 2.75) is 19.4 Å². The molecule has 1 amide bonds. The van der Waals surface area contributed by atoms with Gasteiger partial charge in [-0.2, -0.15) is 0 Å². The second-order valence-electron chi connectivity index (χ2n) is 3.38. The van der Waals surface area contributed by atoms with Crippen LogP contribution in [0.2, 0.25) is 5.15 Å². The third kappa shape index (κ3) is 3.47. The molecule has 1 aromatic rings. The van der Waals surface area contributed by atoms with Crippen LogP contribution < -0.4 is 5.32 Å². The van der Waals surface area contributed by atoms with Crippen molar-refractivity contribution in [1.82, 2.24) is 10.3 Å². The van der Waals surface area contributed by atoms with E-state index in [4.69, 9.17) is 16.3 Å². The highest BCUT2D eigenvalue weighted by Crippen LogP contribution is 2.11. The Bertz CT molecular complexity index is 358. The number of nitrogens with zero attached hydrogens (tertiary/aromatic N) is 1. The van der Waals surface area contributed by atoms with Gasteiger partial charge in [-0.1, -0.05) is 18.5 Å². The fourth-order valence-corrected chi connectivity index (χ4v) is 1.49. The van der Waals surface area contributed by atoms with E-state index in [1.54, 1.807) is 25.4 Å². The average molecular weight is 243 g/mol. The van der Waals surface area contributed by atoms with Gasteiger partial charge in [-0.25, -0.2) is 4.98 Å². The molecule has 1 unspecified atom stereocenters. The van der Waals surface area contributed by atoms with Crippen LogP contribution in [0, 0.1) is 0 Å². The molecule has 0 aromatic carbocycles. The Kier molecular flexibility index (Phi) is 5.22. The average Bonchev–Trinajstić information content (AvgIpc) is 2.28. The first-order valence-corrected chi connectivity index (χ1v) is 5.47. The van der Waals surface area contributed by atoms with Crippen molar-refractivity contribution in [3.05, 3.63) is 29.0 Å². The van der Waals surface area contributed by atoms with Crippen LogP contribution in [0.5, 0.6) is 0 Å². The number of nitrogens with one attached hydrogen (secondary N) is 1. The molecule has 0 bridgehead atoms. The van der Waals surface area contributed by atoms with Gasteiger partial charge < -0.3 is 10.1 Å². The molecule has 16 heavy (non-hydrogen) atoms. The molecule has 0 spiro atoms. The van der Waals surface area contributed by atoms with Crippen LogP contribution in [0.4, 0.5) is 0 Å². The van der Waals surface area contributed by atoms with E-state index in [1.807, 2.05) is 6.92 Å². The molecule has 5 heteroatoms. The Hall–Kier alpha value is -1.13. The number of pyridine rings is 1. The number of methoxy groups -OCH3 is 1. The highest BCUT2D eigenvalue weighted by atomic mass is 35.5. The SMILES string of the molecule is CCC(COC)NC(=O)c1cccnc1Cl. The summed E-state index contributed by atoms with van der Waals surface area (Å²) in [6, 6.07) is 3.32. The first-order valence-electron chi connectivity index (χ1n) is 5.09. The fourth-order valence-electron chi connectivity index (χ4n) is 1.28. The van der Waals surface area contributed by atoms with Crippen molar-refractivity contribution >= 4 is 17.5 Å². The Morgan fingerprint density at radius 3 is 3.00 bits per heavy atom. The lowest BCUT2D eigenvalue weighted by Crippen LogP contribution is -2.37. The minimum Gasteiger partial charge on any atom is -0.383 e. The minimum atomic E-state index is -0.220. The van der Waals surface area contributed by atoms with E-state index in [-0.39, 0.29) is 17.1 Å². The number of halogens is 1. The van der Waals surface area contributed by atoms with Gasteiger partial charge in [0.2, 0.25) is 0 Å². The predicted octanol–water partition coefficient (Wildman–Crippen LogP) is 1.89. The maximum absolute atomic E-state index is 11.8. The van der Waals surface area contributed by atoms with Crippen LogP contribution in [-0.2, 0) is 4.74 Å². The summed E-state index contributed by atoms with van der Waals surface area (Å²) >= 11 is 5.82. The number of hydrogen-bond acceptors (Lipinski definition) is 3. The van der Waals surface area contributed by atoms with E-state index in [0.29, 0.717) is 12.2 Å². The van der Waals surface area contributed by atoms with Crippen molar-refractivity contribution in [1.29, 1.82) is 0 Å². The lowest BCUT2D eigenvalue weighted by Gasteiger charge is -2.15. The summed E-state index contributed by atoms with van der Waals surface area (Å²) in [4.78, 5) is 15.7. The number of carbonyl (C=O) groups is 1. The van der Waals surface area contributed by atoms with Crippen LogP contribution >= 0.6 is 11.6 Å². The Morgan fingerprint density at radius 1 is 1.69 bits per heavy atom. The van der Waals surface area contributed by atoms with Crippen LogP contribution in [0.25, 0.3) is 0 Å². The molecule has 1 atom stereocenters. The summed E-state index contributed by atoms with van der Waals surface area (Å²) in [6.45, 7) is 2.47. The number of carbonyl (C=O) groups excluding carboxylic acids is 1. The quantitative estimate of drug-likeness (QED) is 0.803. The molecule has 4 nitrogen and oxygen atoms in total. The van der Waals surface area contributed by atoms with Gasteiger partial charge in [0.15, 0.2) is 0 Å². The minimum absolute atomic E-state index is 0.00577. The maximum Gasteiger partial charge on any atom is 0.254 e. The Labute approximate surface area is 100.0 Å². The van der Waals surface area contributed by atoms with Crippen LogP contribution in [0.1, 0.15) is 23.7 Å². The van der Waals surface area contributed by atoms with Gasteiger partial charge in [0.25, 0.3) is 5.91 Å². The lowest BCUT2D eigenvalue weighted by atomic mass is 10.2. The van der Waals surface area contributed by atoms with E-state index >= 15 is 0 Å². The van der Waals surface area contributed by atoms with Crippen molar-refractivity contribution in [3.63, 3.8) is 0 Å². The summed E-state index contributed by atoms with van der Waals surface area (Å²) in [5, 5.41) is 3.05. The summed E-state index contributed by atoms with van der Waals surface area (Å²) in [5.74, 6) is -0.220. The Morgan fingerprint density at radius 2 is 2.44 bits per heavy atom. The molecule has 1 N–H and O–H groups in total. The van der Waals surface area contributed by atoms with Crippen molar-refractivity contribution < 1.29 is 9.53 Å². The largest absolute Gasteiger partial charge is 0.383 e. The van der Waals surface area contributed by atoms with E-state index in [0.717, 1.165) is 6.42 Å². The molecule has 0 radical (unpaired) electrons. The zero-order chi connectivity index (χ0) is 12.0. The molecule has 0 saturated heterocycles. The molecule has 1 rings (SSSR count). The number of aromatic nitrogens is 1. The van der Waals surface area contributed by atoms with Gasteiger partial charge in [0, 0.05) is 13.3 Å². The van der Waals surface area contributed by atoms with Gasteiger partial charge >= 0.3 is 0 Å². The zero-order valence-corrected chi connectivity index (χ0v) is 10.1. The number of amides is 1. The number of hydrogen-bond donors (Lipinski definition) is 1. The highest BCUT2D eigenvalue weighted by molar-refractivity contribution is 6.32. The second-order valence-corrected chi connectivity index (χ2v) is 3.73. The van der Waals surface area contributed by atoms with Crippen molar-refractivity contribution in [2.24, 2.45) is 0 Å². The zero-order valence-electron chi connectivity index (χ0n) is 9.37. The Balaban J connectivity index is 2.68. The van der Waals surface area contributed by atoms with Gasteiger partial charge in [0.1, 0.15) is 5.15 Å². The first kappa shape index (κ1) is 12.9. The third-order valence-corrected chi connectivity index (χ3v) is 2.50. The molecule has 1 heterocycles. The lowest BCUT2D eigenvalue weighted by molar-refractivity contribution is 0.0894. The van der Waals surface area contributed by atoms with Crippen molar-refractivity contribution in [3.8, 4) is 0 Å². The van der Waals surface area contributed by atoms with Crippen molar-refractivity contribution in [2.75, 3.05) is 13.7 Å². The van der Waals surface area contributed by atoms with E-state index in [1.165, 1.54) is 0 Å². The van der Waals surface area contributed by atoms with Gasteiger partial charge in [-0.3, -0.25) is 4.79 Å². The molecule has 0 fully saturated rings. The topological polar surface area (TPSA) is 51.2 Å². The molecule has 88 valence electrons. The maximum atomic E-state index is 11.8. The normalized spacial score (nSPS) is 12.2. The summed E-state index contributed by atoms with van der Waals surface area (Å²) in [5.41, 5.74) is 0.388. The summed E-state index contributed by atoms with van der Waals surface area (Å²) < 4.78 is 5.00. The third-order valence-electron chi connectivity index (χ3n) is 2.20. The molecule has 0 aliphatic heterocycles. The molecule has 0 aliphatic carbocycles.